The number of amides is 2. The highest BCUT2D eigenvalue weighted by molar-refractivity contribution is 5.97. The zero-order valence-corrected chi connectivity index (χ0v) is 19.0. The lowest BCUT2D eigenvalue weighted by Crippen LogP contribution is -2.54. The number of nitrogens with zero attached hydrogens (tertiary/aromatic N) is 4. The summed E-state index contributed by atoms with van der Waals surface area (Å²) in [6, 6.07) is 7.53. The van der Waals surface area contributed by atoms with Crippen molar-refractivity contribution in [2.45, 2.75) is 19.1 Å². The number of anilines is 2. The van der Waals surface area contributed by atoms with E-state index in [0.717, 1.165) is 0 Å². The number of aromatic nitrogens is 1. The van der Waals surface area contributed by atoms with Gasteiger partial charge in [-0.15, -0.1) is 0 Å². The Bertz CT molecular complexity index is 1060. The molecule has 0 bridgehead atoms. The highest BCUT2D eigenvalue weighted by Gasteiger charge is 2.29. The molecule has 2 aliphatic rings. The summed E-state index contributed by atoms with van der Waals surface area (Å²) in [5.74, 6) is -0.539. The van der Waals surface area contributed by atoms with Crippen molar-refractivity contribution in [1.29, 1.82) is 0 Å². The summed E-state index contributed by atoms with van der Waals surface area (Å²) >= 11 is 0. The molecule has 10 heteroatoms. The molecule has 1 aromatic carbocycles. The Labute approximate surface area is 197 Å². The number of aliphatic hydroxyl groups is 1. The molecular formula is C24H28FN5O4. The van der Waals surface area contributed by atoms with Gasteiger partial charge in [-0.05, 0) is 43.8 Å². The number of carbonyl (C=O) groups is 2. The quantitative estimate of drug-likeness (QED) is 0.659. The average molecular weight is 470 g/mol. The first kappa shape index (κ1) is 23.5. The van der Waals surface area contributed by atoms with Gasteiger partial charge < -0.3 is 29.9 Å². The van der Waals surface area contributed by atoms with Crippen molar-refractivity contribution < 1.29 is 23.8 Å². The molecule has 0 spiro atoms. The van der Waals surface area contributed by atoms with Crippen molar-refractivity contribution in [3.8, 4) is 0 Å². The molecule has 9 nitrogen and oxygen atoms in total. The van der Waals surface area contributed by atoms with Crippen molar-refractivity contribution in [2.24, 2.45) is 0 Å². The maximum Gasteiger partial charge on any atom is 0.253 e. The fourth-order valence-corrected chi connectivity index (χ4v) is 4.14. The standard InChI is InChI=1S/C24H28FN5O4/c1-16(27-23(32)18-4-3-7-26-13-18)24(33)29-10-8-28(9-11-29)22-6-5-19(12-21(22)25)30-14-20(15-31)34-17(30)2/h3-7,12-13,16,20,31H,2,8-11,14-15H2,1H3,(H,27,32)/t16-,20+/m0/s1. The third-order valence-electron chi connectivity index (χ3n) is 6.01. The number of hydrogen-bond acceptors (Lipinski definition) is 7. The number of ether oxygens (including phenoxy) is 1. The summed E-state index contributed by atoms with van der Waals surface area (Å²) in [7, 11) is 0. The second kappa shape index (κ2) is 10.1. The molecule has 2 fully saturated rings. The molecule has 0 saturated carbocycles. The summed E-state index contributed by atoms with van der Waals surface area (Å²) in [5, 5.41) is 12.0. The maximum absolute atomic E-state index is 15.0. The Morgan fingerprint density at radius 3 is 2.68 bits per heavy atom. The number of pyridine rings is 1. The van der Waals surface area contributed by atoms with Crippen LogP contribution < -0.4 is 15.1 Å². The molecule has 0 unspecified atom stereocenters. The molecule has 1 aromatic heterocycles. The van der Waals surface area contributed by atoms with Crippen LogP contribution in [0.1, 0.15) is 17.3 Å². The van der Waals surface area contributed by atoms with E-state index in [9.17, 15) is 19.1 Å². The smallest absolute Gasteiger partial charge is 0.253 e. The van der Waals surface area contributed by atoms with E-state index in [2.05, 4.69) is 16.9 Å². The molecule has 2 N–H and O–H groups in total. The van der Waals surface area contributed by atoms with Gasteiger partial charge in [0.05, 0.1) is 24.4 Å². The fourth-order valence-electron chi connectivity index (χ4n) is 4.14. The number of nitrogens with one attached hydrogen (secondary N) is 1. The Balaban J connectivity index is 1.33. The molecular weight excluding hydrogens is 441 g/mol. The Kier molecular flexibility index (Phi) is 6.97. The van der Waals surface area contributed by atoms with Crippen molar-refractivity contribution in [3.05, 3.63) is 66.6 Å². The molecule has 2 saturated heterocycles. The number of benzene rings is 1. The first-order valence-corrected chi connectivity index (χ1v) is 11.2. The Morgan fingerprint density at radius 1 is 1.29 bits per heavy atom. The number of piperazine rings is 1. The number of hydrogen-bond donors (Lipinski definition) is 2. The Morgan fingerprint density at radius 2 is 2.06 bits per heavy atom. The van der Waals surface area contributed by atoms with Crippen LogP contribution in [0.2, 0.25) is 0 Å². The van der Waals surface area contributed by atoms with Crippen LogP contribution in [0.3, 0.4) is 0 Å². The average Bonchev–Trinajstić information content (AvgIpc) is 3.24. The SMILES string of the molecule is C=C1O[C@@H](CO)CN1c1ccc(N2CCN(C(=O)[C@H](C)NC(=O)c3cccnc3)CC2)c(F)c1. The van der Waals surface area contributed by atoms with E-state index in [1.54, 1.807) is 47.2 Å². The molecule has 2 atom stereocenters. The van der Waals surface area contributed by atoms with Crippen LogP contribution in [0.4, 0.5) is 15.8 Å². The summed E-state index contributed by atoms with van der Waals surface area (Å²) < 4.78 is 20.4. The number of halogens is 1. The lowest BCUT2D eigenvalue weighted by Gasteiger charge is -2.37. The number of aliphatic hydroxyl groups excluding tert-OH is 1. The van der Waals surface area contributed by atoms with Gasteiger partial charge in [0.1, 0.15) is 18.0 Å². The molecule has 2 amide bonds. The molecule has 3 heterocycles. The third-order valence-corrected chi connectivity index (χ3v) is 6.01. The van der Waals surface area contributed by atoms with Crippen molar-refractivity contribution in [2.75, 3.05) is 49.1 Å². The van der Waals surface area contributed by atoms with Crippen LogP contribution in [-0.2, 0) is 9.53 Å². The van der Waals surface area contributed by atoms with Crippen LogP contribution in [0, 0.1) is 5.82 Å². The zero-order valence-electron chi connectivity index (χ0n) is 19.0. The Hall–Kier alpha value is -3.66. The molecule has 0 aliphatic carbocycles. The van der Waals surface area contributed by atoms with E-state index in [-0.39, 0.29) is 30.3 Å². The van der Waals surface area contributed by atoms with Crippen LogP contribution in [0.25, 0.3) is 0 Å². The van der Waals surface area contributed by atoms with Crippen LogP contribution in [0.5, 0.6) is 0 Å². The van der Waals surface area contributed by atoms with Gasteiger partial charge in [0.25, 0.3) is 5.91 Å². The maximum atomic E-state index is 15.0. The number of rotatable bonds is 6. The van der Waals surface area contributed by atoms with E-state index >= 15 is 0 Å². The summed E-state index contributed by atoms with van der Waals surface area (Å²) in [5.41, 5.74) is 1.45. The van der Waals surface area contributed by atoms with Gasteiger partial charge in [0, 0.05) is 44.3 Å². The first-order valence-electron chi connectivity index (χ1n) is 11.2. The number of carbonyl (C=O) groups excluding carboxylic acids is 2. The highest BCUT2D eigenvalue weighted by Crippen LogP contribution is 2.30. The van der Waals surface area contributed by atoms with Crippen LogP contribution >= 0.6 is 0 Å². The van der Waals surface area contributed by atoms with Crippen LogP contribution in [-0.4, -0.2) is 78.3 Å². The van der Waals surface area contributed by atoms with E-state index in [4.69, 9.17) is 4.74 Å². The predicted octanol–water partition coefficient (Wildman–Crippen LogP) is 1.36. The summed E-state index contributed by atoms with van der Waals surface area (Å²) in [4.78, 5) is 34.3. The molecule has 4 rings (SSSR count). The normalized spacial score (nSPS) is 19.1. The van der Waals surface area contributed by atoms with Gasteiger partial charge in [0.2, 0.25) is 5.91 Å². The fraction of sp³-hybridized carbons (Fsp3) is 0.375. The minimum atomic E-state index is -0.686. The van der Waals surface area contributed by atoms with Gasteiger partial charge in [-0.25, -0.2) is 4.39 Å². The molecule has 2 aromatic rings. The van der Waals surface area contributed by atoms with Gasteiger partial charge in [-0.3, -0.25) is 14.6 Å². The van der Waals surface area contributed by atoms with Crippen molar-refractivity contribution in [3.63, 3.8) is 0 Å². The van der Waals surface area contributed by atoms with Gasteiger partial charge in [-0.2, -0.15) is 0 Å². The van der Waals surface area contributed by atoms with Crippen molar-refractivity contribution >= 4 is 23.2 Å². The molecule has 2 aliphatic heterocycles. The third kappa shape index (κ3) is 4.96. The molecule has 34 heavy (non-hydrogen) atoms. The predicted molar refractivity (Wildman–Crippen MR) is 125 cm³/mol. The minimum absolute atomic E-state index is 0.134. The van der Waals surface area contributed by atoms with E-state index in [1.807, 2.05) is 4.90 Å². The van der Waals surface area contributed by atoms with Gasteiger partial charge in [0.15, 0.2) is 5.88 Å². The largest absolute Gasteiger partial charge is 0.472 e. The first-order chi connectivity index (χ1) is 16.4. The monoisotopic (exact) mass is 469 g/mol. The summed E-state index contributed by atoms with van der Waals surface area (Å²) in [6.45, 7) is 7.52. The lowest BCUT2D eigenvalue weighted by atomic mass is 10.2. The minimum Gasteiger partial charge on any atom is -0.472 e. The topological polar surface area (TPSA) is 98.2 Å². The van der Waals surface area contributed by atoms with E-state index in [0.29, 0.717) is 55.5 Å². The molecule has 0 radical (unpaired) electrons. The van der Waals surface area contributed by atoms with E-state index < -0.39 is 6.04 Å². The van der Waals surface area contributed by atoms with Gasteiger partial charge in [-0.1, -0.05) is 0 Å². The second-order valence-electron chi connectivity index (χ2n) is 8.31. The zero-order chi connectivity index (χ0) is 24.2. The van der Waals surface area contributed by atoms with Gasteiger partial charge >= 0.3 is 0 Å². The van der Waals surface area contributed by atoms with E-state index in [1.165, 1.54) is 12.3 Å². The van der Waals surface area contributed by atoms with Crippen LogP contribution in [0.15, 0.2) is 55.2 Å². The lowest BCUT2D eigenvalue weighted by molar-refractivity contribution is -0.133. The second-order valence-corrected chi connectivity index (χ2v) is 8.31. The highest BCUT2D eigenvalue weighted by atomic mass is 19.1. The van der Waals surface area contributed by atoms with Crippen molar-refractivity contribution in [1.82, 2.24) is 15.2 Å². The molecule has 180 valence electrons. The summed E-state index contributed by atoms with van der Waals surface area (Å²) in [6.07, 6.45) is 2.64.